The maximum absolute atomic E-state index is 11.0. The lowest BCUT2D eigenvalue weighted by Crippen LogP contribution is -2.17. The first kappa shape index (κ1) is 9.86. The predicted molar refractivity (Wildman–Crippen MR) is 48.3 cm³/mol. The van der Waals surface area contributed by atoms with Crippen LogP contribution in [0.5, 0.6) is 0 Å². The summed E-state index contributed by atoms with van der Waals surface area (Å²) in [5.41, 5.74) is 0. The van der Waals surface area contributed by atoms with Gasteiger partial charge in [0.25, 0.3) is 0 Å². The number of hydrogen-bond donors (Lipinski definition) is 1. The Morgan fingerprint density at radius 3 is 2.92 bits per heavy atom. The standard InChI is InChI=1S/C8H14O3S/c1-2-11-8(10)12-7-5-3-4-6(7)9/h6-7,9H,2-5H2,1H3/t6-,7-/m0/s1. The van der Waals surface area contributed by atoms with Crippen molar-refractivity contribution in [1.82, 2.24) is 0 Å². The second-order valence-corrected chi connectivity index (χ2v) is 4.01. The Hall–Kier alpha value is -0.220. The molecule has 12 heavy (non-hydrogen) atoms. The Labute approximate surface area is 76.5 Å². The van der Waals surface area contributed by atoms with Gasteiger partial charge in [0, 0.05) is 5.25 Å². The van der Waals surface area contributed by atoms with Crippen LogP contribution >= 0.6 is 11.8 Å². The van der Waals surface area contributed by atoms with E-state index in [0.29, 0.717) is 6.61 Å². The van der Waals surface area contributed by atoms with Crippen molar-refractivity contribution in [3.8, 4) is 0 Å². The lowest BCUT2D eigenvalue weighted by Gasteiger charge is -2.11. The molecule has 1 aliphatic rings. The molecule has 0 radical (unpaired) electrons. The zero-order valence-electron chi connectivity index (χ0n) is 7.16. The van der Waals surface area contributed by atoms with Crippen molar-refractivity contribution in [2.75, 3.05) is 6.61 Å². The molecular weight excluding hydrogens is 176 g/mol. The normalized spacial score (nSPS) is 28.8. The summed E-state index contributed by atoms with van der Waals surface area (Å²) in [6.45, 7) is 2.19. The molecule has 0 aliphatic heterocycles. The van der Waals surface area contributed by atoms with Crippen LogP contribution in [0.4, 0.5) is 4.79 Å². The molecule has 0 aromatic rings. The van der Waals surface area contributed by atoms with Crippen molar-refractivity contribution in [2.24, 2.45) is 0 Å². The van der Waals surface area contributed by atoms with Gasteiger partial charge >= 0.3 is 5.30 Å². The second-order valence-electron chi connectivity index (χ2n) is 2.84. The topological polar surface area (TPSA) is 46.5 Å². The molecule has 4 heteroatoms. The molecule has 0 spiro atoms. The Balaban J connectivity index is 2.25. The number of carbonyl (C=O) groups is 1. The molecule has 1 N–H and O–H groups in total. The molecule has 1 saturated carbocycles. The summed E-state index contributed by atoms with van der Waals surface area (Å²) in [4.78, 5) is 11.0. The maximum atomic E-state index is 11.0. The molecule has 0 aromatic heterocycles. The number of aliphatic hydroxyl groups excluding tert-OH is 1. The van der Waals surface area contributed by atoms with Crippen molar-refractivity contribution in [3.05, 3.63) is 0 Å². The molecule has 2 atom stereocenters. The van der Waals surface area contributed by atoms with E-state index in [1.54, 1.807) is 6.92 Å². The van der Waals surface area contributed by atoms with E-state index in [1.807, 2.05) is 0 Å². The largest absolute Gasteiger partial charge is 0.458 e. The van der Waals surface area contributed by atoms with E-state index in [9.17, 15) is 9.90 Å². The monoisotopic (exact) mass is 190 g/mol. The van der Waals surface area contributed by atoms with Crippen molar-refractivity contribution >= 4 is 17.1 Å². The quantitative estimate of drug-likeness (QED) is 0.674. The van der Waals surface area contributed by atoms with Gasteiger partial charge in [-0.05, 0) is 37.9 Å². The van der Waals surface area contributed by atoms with Gasteiger partial charge in [0.15, 0.2) is 0 Å². The van der Waals surface area contributed by atoms with Gasteiger partial charge < -0.3 is 9.84 Å². The lowest BCUT2D eigenvalue weighted by atomic mass is 10.3. The summed E-state index contributed by atoms with van der Waals surface area (Å²) >= 11 is 1.13. The molecule has 3 nitrogen and oxygen atoms in total. The molecular formula is C8H14O3S. The van der Waals surface area contributed by atoms with Crippen LogP contribution < -0.4 is 0 Å². The van der Waals surface area contributed by atoms with Crippen LogP contribution in [0.3, 0.4) is 0 Å². The summed E-state index contributed by atoms with van der Waals surface area (Å²) in [7, 11) is 0. The molecule has 1 aliphatic carbocycles. The van der Waals surface area contributed by atoms with Crippen molar-refractivity contribution in [2.45, 2.75) is 37.5 Å². The third-order valence-corrected chi connectivity index (χ3v) is 3.09. The maximum Gasteiger partial charge on any atom is 0.367 e. The van der Waals surface area contributed by atoms with Gasteiger partial charge in [0.1, 0.15) is 0 Å². The average molecular weight is 190 g/mol. The molecule has 1 fully saturated rings. The van der Waals surface area contributed by atoms with E-state index >= 15 is 0 Å². The van der Waals surface area contributed by atoms with E-state index < -0.39 is 0 Å². The molecule has 70 valence electrons. The Bertz CT molecular complexity index is 160. The second kappa shape index (κ2) is 4.72. The first-order valence-electron chi connectivity index (χ1n) is 4.25. The van der Waals surface area contributed by atoms with Crippen molar-refractivity contribution in [3.63, 3.8) is 0 Å². The fourth-order valence-electron chi connectivity index (χ4n) is 1.32. The number of rotatable bonds is 2. The van der Waals surface area contributed by atoms with Crippen molar-refractivity contribution < 1.29 is 14.6 Å². The minimum absolute atomic E-state index is 0.0593. The van der Waals surface area contributed by atoms with Crippen molar-refractivity contribution in [1.29, 1.82) is 0 Å². The minimum Gasteiger partial charge on any atom is -0.458 e. The zero-order chi connectivity index (χ0) is 8.97. The third-order valence-electron chi connectivity index (χ3n) is 1.93. The fraction of sp³-hybridized carbons (Fsp3) is 0.875. The highest BCUT2D eigenvalue weighted by molar-refractivity contribution is 8.13. The summed E-state index contributed by atoms with van der Waals surface area (Å²) in [5.74, 6) is 0. The average Bonchev–Trinajstić information content (AvgIpc) is 2.37. The molecule has 1 rings (SSSR count). The van der Waals surface area contributed by atoms with Crippen LogP contribution in [0.2, 0.25) is 0 Å². The highest BCUT2D eigenvalue weighted by Gasteiger charge is 2.28. The molecule has 0 heterocycles. The number of aliphatic hydroxyl groups is 1. The first-order chi connectivity index (χ1) is 5.74. The summed E-state index contributed by atoms with van der Waals surface area (Å²) in [6, 6.07) is 0. The zero-order valence-corrected chi connectivity index (χ0v) is 7.97. The molecule has 0 amide bonds. The van der Waals surface area contributed by atoms with Crippen LogP contribution in [-0.2, 0) is 4.74 Å². The number of ether oxygens (including phenoxy) is 1. The summed E-state index contributed by atoms with van der Waals surface area (Å²) in [5, 5.41) is 9.18. The van der Waals surface area contributed by atoms with Gasteiger partial charge in [0.2, 0.25) is 0 Å². The predicted octanol–water partition coefficient (Wildman–Crippen LogP) is 1.79. The van der Waals surface area contributed by atoms with Gasteiger partial charge in [-0.2, -0.15) is 0 Å². The molecule has 0 saturated heterocycles. The van der Waals surface area contributed by atoms with E-state index in [0.717, 1.165) is 31.0 Å². The van der Waals surface area contributed by atoms with Gasteiger partial charge in [-0.1, -0.05) is 0 Å². The Morgan fingerprint density at radius 1 is 1.67 bits per heavy atom. The highest BCUT2D eigenvalue weighted by atomic mass is 32.2. The van der Waals surface area contributed by atoms with E-state index in [-0.39, 0.29) is 16.7 Å². The van der Waals surface area contributed by atoms with Gasteiger partial charge in [-0.3, -0.25) is 0 Å². The summed E-state index contributed by atoms with van der Waals surface area (Å²) in [6.07, 6.45) is 2.43. The number of thioether (sulfide) groups is 1. The smallest absolute Gasteiger partial charge is 0.367 e. The first-order valence-corrected chi connectivity index (χ1v) is 5.13. The third kappa shape index (κ3) is 2.68. The SMILES string of the molecule is CCOC(=O)S[C@H]1CCC[C@@H]1O. The van der Waals surface area contributed by atoms with Gasteiger partial charge in [0.05, 0.1) is 12.7 Å². The van der Waals surface area contributed by atoms with Crippen LogP contribution in [-0.4, -0.2) is 28.4 Å². The molecule has 0 bridgehead atoms. The van der Waals surface area contributed by atoms with E-state index in [2.05, 4.69) is 0 Å². The molecule has 0 unspecified atom stereocenters. The van der Waals surface area contributed by atoms with E-state index in [4.69, 9.17) is 4.74 Å². The Kier molecular flexibility index (Phi) is 3.88. The highest BCUT2D eigenvalue weighted by Crippen LogP contribution is 2.30. The fourth-order valence-corrected chi connectivity index (χ4v) is 2.33. The minimum atomic E-state index is -0.320. The van der Waals surface area contributed by atoms with Gasteiger partial charge in [-0.25, -0.2) is 4.79 Å². The van der Waals surface area contributed by atoms with Crippen LogP contribution in [0.1, 0.15) is 26.2 Å². The van der Waals surface area contributed by atoms with Crippen LogP contribution in [0.15, 0.2) is 0 Å². The lowest BCUT2D eigenvalue weighted by molar-refractivity contribution is 0.176. The molecule has 0 aromatic carbocycles. The van der Waals surface area contributed by atoms with E-state index in [1.165, 1.54) is 0 Å². The number of hydrogen-bond acceptors (Lipinski definition) is 4. The van der Waals surface area contributed by atoms with Gasteiger partial charge in [-0.15, -0.1) is 0 Å². The van der Waals surface area contributed by atoms with Crippen LogP contribution in [0, 0.1) is 0 Å². The summed E-state index contributed by atoms with van der Waals surface area (Å²) < 4.78 is 4.77. The Morgan fingerprint density at radius 2 is 2.42 bits per heavy atom. The number of carbonyl (C=O) groups excluding carboxylic acids is 1. The van der Waals surface area contributed by atoms with Crippen LogP contribution in [0.25, 0.3) is 0 Å².